The molecule has 0 spiro atoms. The third-order valence-electron chi connectivity index (χ3n) is 4.51. The maximum atomic E-state index is 5.01. The van der Waals surface area contributed by atoms with Crippen molar-refractivity contribution in [1.29, 1.82) is 0 Å². The van der Waals surface area contributed by atoms with Crippen LogP contribution in [0, 0.1) is 17.8 Å². The molecule has 1 fully saturated rings. The van der Waals surface area contributed by atoms with E-state index in [2.05, 4.69) is 39.6 Å². The van der Waals surface area contributed by atoms with E-state index < -0.39 is 0 Å². The standard InChI is InChI=1S/C15H31NS/c1-6-12(2)9-14-7-8-16(5)11-13(3)10-15(14,4)17/h12-14,17H,6-11H2,1-5H3. The summed E-state index contributed by atoms with van der Waals surface area (Å²) < 4.78 is 0.226. The van der Waals surface area contributed by atoms with Gasteiger partial charge in [-0.05, 0) is 50.6 Å². The lowest BCUT2D eigenvalue weighted by Gasteiger charge is -2.41. The van der Waals surface area contributed by atoms with Crippen molar-refractivity contribution in [2.24, 2.45) is 17.8 Å². The summed E-state index contributed by atoms with van der Waals surface area (Å²) >= 11 is 5.01. The van der Waals surface area contributed by atoms with Gasteiger partial charge in [0.05, 0.1) is 0 Å². The van der Waals surface area contributed by atoms with E-state index in [0.717, 1.165) is 17.8 Å². The number of likely N-dealkylation sites (tertiary alicyclic amines) is 1. The lowest BCUT2D eigenvalue weighted by Crippen LogP contribution is -2.40. The van der Waals surface area contributed by atoms with Gasteiger partial charge >= 0.3 is 0 Å². The second-order valence-electron chi connectivity index (χ2n) is 6.66. The van der Waals surface area contributed by atoms with Gasteiger partial charge in [0.25, 0.3) is 0 Å². The van der Waals surface area contributed by atoms with Crippen molar-refractivity contribution in [3.05, 3.63) is 0 Å². The number of hydrogen-bond acceptors (Lipinski definition) is 2. The first-order valence-electron chi connectivity index (χ1n) is 7.26. The minimum absolute atomic E-state index is 0.226. The third kappa shape index (κ3) is 4.82. The van der Waals surface area contributed by atoms with Crippen LogP contribution < -0.4 is 0 Å². The van der Waals surface area contributed by atoms with E-state index in [9.17, 15) is 0 Å². The highest BCUT2D eigenvalue weighted by atomic mass is 32.1. The fourth-order valence-corrected chi connectivity index (χ4v) is 3.82. The second kappa shape index (κ2) is 6.47. The molecule has 17 heavy (non-hydrogen) atoms. The summed E-state index contributed by atoms with van der Waals surface area (Å²) in [5.41, 5.74) is 0. The topological polar surface area (TPSA) is 3.24 Å². The molecule has 1 saturated heterocycles. The van der Waals surface area contributed by atoms with Gasteiger partial charge in [0.15, 0.2) is 0 Å². The lowest BCUT2D eigenvalue weighted by molar-refractivity contribution is 0.173. The average molecular weight is 257 g/mol. The molecular formula is C15H31NS. The molecule has 2 heteroatoms. The Morgan fingerprint density at radius 1 is 1.47 bits per heavy atom. The van der Waals surface area contributed by atoms with E-state index in [-0.39, 0.29) is 4.75 Å². The Labute approximate surface area is 114 Å². The highest BCUT2D eigenvalue weighted by molar-refractivity contribution is 7.81. The van der Waals surface area contributed by atoms with Gasteiger partial charge in [0.1, 0.15) is 0 Å². The molecule has 4 atom stereocenters. The first-order chi connectivity index (χ1) is 7.85. The van der Waals surface area contributed by atoms with E-state index in [4.69, 9.17) is 12.6 Å². The van der Waals surface area contributed by atoms with Crippen LogP contribution in [0.4, 0.5) is 0 Å². The Kier molecular flexibility index (Phi) is 5.85. The monoisotopic (exact) mass is 257 g/mol. The maximum absolute atomic E-state index is 5.01. The van der Waals surface area contributed by atoms with Crippen LogP contribution in [0.15, 0.2) is 0 Å². The number of rotatable bonds is 3. The molecule has 1 aliphatic heterocycles. The zero-order valence-electron chi connectivity index (χ0n) is 12.4. The molecule has 0 amide bonds. The normalized spacial score (nSPS) is 38.5. The smallest absolute Gasteiger partial charge is 0.0133 e. The van der Waals surface area contributed by atoms with E-state index in [1.807, 2.05) is 0 Å². The molecule has 0 saturated carbocycles. The Morgan fingerprint density at radius 3 is 2.71 bits per heavy atom. The summed E-state index contributed by atoms with van der Waals surface area (Å²) in [7, 11) is 2.26. The molecule has 0 bridgehead atoms. The van der Waals surface area contributed by atoms with Crippen molar-refractivity contribution in [3.63, 3.8) is 0 Å². The van der Waals surface area contributed by atoms with Gasteiger partial charge in [-0.25, -0.2) is 0 Å². The molecule has 0 aliphatic carbocycles. The number of thiol groups is 1. The van der Waals surface area contributed by atoms with E-state index in [1.165, 1.54) is 38.8 Å². The van der Waals surface area contributed by atoms with Crippen LogP contribution in [0.3, 0.4) is 0 Å². The van der Waals surface area contributed by atoms with E-state index >= 15 is 0 Å². The van der Waals surface area contributed by atoms with Gasteiger partial charge in [-0.1, -0.05) is 34.1 Å². The Morgan fingerprint density at radius 2 is 2.12 bits per heavy atom. The van der Waals surface area contributed by atoms with Crippen molar-refractivity contribution < 1.29 is 0 Å². The zero-order chi connectivity index (χ0) is 13.1. The predicted octanol–water partition coefficient (Wildman–Crippen LogP) is 4.09. The average Bonchev–Trinajstić information content (AvgIpc) is 2.21. The molecular weight excluding hydrogens is 226 g/mol. The molecule has 4 unspecified atom stereocenters. The van der Waals surface area contributed by atoms with Gasteiger partial charge in [-0.2, -0.15) is 12.6 Å². The summed E-state index contributed by atoms with van der Waals surface area (Å²) in [6.07, 6.45) is 5.21. The van der Waals surface area contributed by atoms with Gasteiger partial charge in [-0.3, -0.25) is 0 Å². The summed E-state index contributed by atoms with van der Waals surface area (Å²) in [6.45, 7) is 11.9. The fraction of sp³-hybridized carbons (Fsp3) is 1.00. The van der Waals surface area contributed by atoms with Crippen LogP contribution in [0.2, 0.25) is 0 Å². The lowest BCUT2D eigenvalue weighted by atomic mass is 9.77. The minimum Gasteiger partial charge on any atom is -0.306 e. The van der Waals surface area contributed by atoms with Gasteiger partial charge in [0.2, 0.25) is 0 Å². The molecule has 1 aliphatic rings. The summed E-state index contributed by atoms with van der Waals surface area (Å²) in [5, 5.41) is 0. The Hall–Kier alpha value is 0.310. The van der Waals surface area contributed by atoms with Gasteiger partial charge in [-0.15, -0.1) is 0 Å². The molecule has 1 nitrogen and oxygen atoms in total. The van der Waals surface area contributed by atoms with Crippen LogP contribution in [-0.4, -0.2) is 29.8 Å². The minimum atomic E-state index is 0.226. The highest BCUT2D eigenvalue weighted by Gasteiger charge is 2.34. The quantitative estimate of drug-likeness (QED) is 0.745. The number of hydrogen-bond donors (Lipinski definition) is 1. The second-order valence-corrected chi connectivity index (χ2v) is 7.69. The van der Waals surface area contributed by atoms with Crippen molar-refractivity contribution in [2.75, 3.05) is 20.1 Å². The summed E-state index contributed by atoms with van der Waals surface area (Å²) in [5.74, 6) is 2.37. The van der Waals surface area contributed by atoms with Crippen LogP contribution >= 0.6 is 12.6 Å². The fourth-order valence-electron chi connectivity index (χ4n) is 3.27. The van der Waals surface area contributed by atoms with Gasteiger partial charge in [0, 0.05) is 11.3 Å². The summed E-state index contributed by atoms with van der Waals surface area (Å²) in [6, 6.07) is 0. The molecule has 0 aromatic heterocycles. The van der Waals surface area contributed by atoms with Crippen molar-refractivity contribution in [3.8, 4) is 0 Å². The van der Waals surface area contributed by atoms with Gasteiger partial charge < -0.3 is 4.90 Å². The molecule has 0 aromatic rings. The van der Waals surface area contributed by atoms with Crippen LogP contribution in [-0.2, 0) is 0 Å². The molecule has 0 radical (unpaired) electrons. The predicted molar refractivity (Wildman–Crippen MR) is 80.8 cm³/mol. The highest BCUT2D eigenvalue weighted by Crippen LogP contribution is 2.39. The van der Waals surface area contributed by atoms with Crippen LogP contribution in [0.1, 0.15) is 53.4 Å². The third-order valence-corrected chi connectivity index (χ3v) is 5.06. The first kappa shape index (κ1) is 15.4. The van der Waals surface area contributed by atoms with Crippen molar-refractivity contribution >= 4 is 12.6 Å². The van der Waals surface area contributed by atoms with Crippen LogP contribution in [0.25, 0.3) is 0 Å². The molecule has 0 N–H and O–H groups in total. The van der Waals surface area contributed by atoms with Crippen LogP contribution in [0.5, 0.6) is 0 Å². The largest absolute Gasteiger partial charge is 0.306 e. The van der Waals surface area contributed by atoms with E-state index in [0.29, 0.717) is 0 Å². The van der Waals surface area contributed by atoms with E-state index in [1.54, 1.807) is 0 Å². The number of nitrogens with zero attached hydrogens (tertiary/aromatic N) is 1. The molecule has 1 rings (SSSR count). The zero-order valence-corrected chi connectivity index (χ0v) is 13.3. The Balaban J connectivity index is 2.69. The SMILES string of the molecule is CCC(C)CC1CCN(C)CC(C)CC1(C)S. The van der Waals surface area contributed by atoms with Crippen molar-refractivity contribution in [1.82, 2.24) is 4.90 Å². The summed E-state index contributed by atoms with van der Waals surface area (Å²) in [4.78, 5) is 2.50. The molecule has 1 heterocycles. The molecule has 0 aromatic carbocycles. The molecule has 102 valence electrons. The maximum Gasteiger partial charge on any atom is 0.0133 e. The first-order valence-corrected chi connectivity index (χ1v) is 7.70. The van der Waals surface area contributed by atoms with Crippen molar-refractivity contribution in [2.45, 2.75) is 58.1 Å². The Bertz CT molecular complexity index is 227.